The third-order valence-corrected chi connectivity index (χ3v) is 9.96. The first kappa shape index (κ1) is 28.5. The van der Waals surface area contributed by atoms with Gasteiger partial charge in [-0.2, -0.15) is 4.31 Å². The molecule has 0 aliphatic heterocycles. The molecule has 4 rings (SSSR count). The van der Waals surface area contributed by atoms with Gasteiger partial charge in [0.2, 0.25) is 10.0 Å². The maximum absolute atomic E-state index is 13.7. The molecule has 0 spiro atoms. The van der Waals surface area contributed by atoms with Crippen molar-refractivity contribution in [1.29, 1.82) is 0 Å². The van der Waals surface area contributed by atoms with Crippen LogP contribution in [-0.2, 0) is 10.0 Å². The van der Waals surface area contributed by atoms with Gasteiger partial charge in [0.25, 0.3) is 5.91 Å². The second-order valence-corrected chi connectivity index (χ2v) is 13.0. The smallest absolute Gasteiger partial charge is 0.260 e. The summed E-state index contributed by atoms with van der Waals surface area (Å²) in [7, 11) is 2.05. The van der Waals surface area contributed by atoms with E-state index in [1.54, 1.807) is 36.2 Å². The topological polar surface area (TPSA) is 83.0 Å². The third kappa shape index (κ3) is 6.54. The number of hydrogen-bond donors (Lipinski definition) is 0. The number of anilines is 1. The highest BCUT2D eigenvalue weighted by Crippen LogP contribution is 2.33. The van der Waals surface area contributed by atoms with E-state index >= 15 is 0 Å². The van der Waals surface area contributed by atoms with Gasteiger partial charge < -0.3 is 9.64 Å². The summed E-state index contributed by atoms with van der Waals surface area (Å²) < 4.78 is 34.6. The van der Waals surface area contributed by atoms with Crippen LogP contribution < -0.4 is 9.64 Å². The summed E-state index contributed by atoms with van der Waals surface area (Å²) in [6.07, 6.45) is 5.83. The van der Waals surface area contributed by atoms with Crippen LogP contribution in [0.15, 0.2) is 47.4 Å². The number of aromatic nitrogens is 1. The molecular formula is C28H38N4O4S2. The predicted octanol–water partition coefficient (Wildman–Crippen LogP) is 5.25. The maximum atomic E-state index is 13.7. The van der Waals surface area contributed by atoms with Crippen molar-refractivity contribution in [3.63, 3.8) is 0 Å². The number of amides is 1. The summed E-state index contributed by atoms with van der Waals surface area (Å²) in [5.41, 5.74) is 1.24. The maximum Gasteiger partial charge on any atom is 0.260 e. The van der Waals surface area contributed by atoms with Gasteiger partial charge in [-0.25, -0.2) is 13.4 Å². The fraction of sp³-hybridized carbons (Fsp3) is 0.500. The average molecular weight is 559 g/mol. The van der Waals surface area contributed by atoms with Crippen molar-refractivity contribution < 1.29 is 17.9 Å². The number of carbonyl (C=O) groups excluding carboxylic acids is 1. The summed E-state index contributed by atoms with van der Waals surface area (Å²) in [5, 5.41) is 0.617. The zero-order valence-corrected chi connectivity index (χ0v) is 24.4. The molecule has 0 radical (unpaired) electrons. The highest BCUT2D eigenvalue weighted by molar-refractivity contribution is 7.89. The van der Waals surface area contributed by atoms with E-state index in [-0.39, 0.29) is 16.8 Å². The predicted molar refractivity (Wildman–Crippen MR) is 154 cm³/mol. The second kappa shape index (κ2) is 12.5. The molecule has 3 aromatic rings. The molecule has 2 aromatic carbocycles. The van der Waals surface area contributed by atoms with Crippen LogP contribution in [-0.4, -0.2) is 75.4 Å². The number of rotatable bonds is 11. The molecule has 10 heteroatoms. The van der Waals surface area contributed by atoms with Crippen LogP contribution in [0.25, 0.3) is 10.2 Å². The first-order valence-corrected chi connectivity index (χ1v) is 15.5. The van der Waals surface area contributed by atoms with Crippen LogP contribution in [0.3, 0.4) is 0 Å². The first-order chi connectivity index (χ1) is 18.2. The number of nitrogens with zero attached hydrogens (tertiary/aromatic N) is 4. The van der Waals surface area contributed by atoms with Gasteiger partial charge in [0.05, 0.1) is 21.7 Å². The minimum absolute atomic E-state index is 0.0320. The van der Waals surface area contributed by atoms with Gasteiger partial charge in [-0.05, 0) is 89.3 Å². The Morgan fingerprint density at radius 3 is 2.39 bits per heavy atom. The lowest BCUT2D eigenvalue weighted by atomic mass is 9.96. The lowest BCUT2D eigenvalue weighted by molar-refractivity contribution is 0.0986. The fourth-order valence-electron chi connectivity index (χ4n) is 4.83. The fourth-order valence-corrected chi connectivity index (χ4v) is 7.26. The highest BCUT2D eigenvalue weighted by atomic mass is 32.2. The molecule has 1 aliphatic carbocycles. The molecule has 0 unspecified atom stereocenters. The van der Waals surface area contributed by atoms with Crippen molar-refractivity contribution in [2.24, 2.45) is 0 Å². The van der Waals surface area contributed by atoms with E-state index in [0.717, 1.165) is 61.0 Å². The molecule has 1 fully saturated rings. The Morgan fingerprint density at radius 2 is 1.74 bits per heavy atom. The summed E-state index contributed by atoms with van der Waals surface area (Å²) in [4.78, 5) is 22.4. The summed E-state index contributed by atoms with van der Waals surface area (Å²) in [5.74, 6) is 0.577. The lowest BCUT2D eigenvalue weighted by Gasteiger charge is -2.30. The molecule has 0 bridgehead atoms. The van der Waals surface area contributed by atoms with Crippen LogP contribution in [0.1, 0.15) is 55.8 Å². The number of hydrogen-bond acceptors (Lipinski definition) is 7. The molecule has 206 valence electrons. The molecule has 0 saturated heterocycles. The van der Waals surface area contributed by atoms with Gasteiger partial charge in [-0.15, -0.1) is 0 Å². The highest BCUT2D eigenvalue weighted by Gasteiger charge is 2.29. The van der Waals surface area contributed by atoms with Crippen molar-refractivity contribution in [3.05, 3.63) is 48.0 Å². The Kier molecular flexibility index (Phi) is 9.40. The molecule has 1 saturated carbocycles. The van der Waals surface area contributed by atoms with Crippen molar-refractivity contribution in [3.8, 4) is 5.75 Å². The molecule has 38 heavy (non-hydrogen) atoms. The van der Waals surface area contributed by atoms with E-state index in [9.17, 15) is 13.2 Å². The van der Waals surface area contributed by atoms with Crippen LogP contribution in [0, 0.1) is 0 Å². The normalized spacial score (nSPS) is 14.9. The molecule has 1 heterocycles. The minimum atomic E-state index is -3.62. The van der Waals surface area contributed by atoms with Crippen LogP contribution in [0.5, 0.6) is 5.75 Å². The van der Waals surface area contributed by atoms with Gasteiger partial charge >= 0.3 is 0 Å². The van der Waals surface area contributed by atoms with Gasteiger partial charge in [0.1, 0.15) is 5.75 Å². The van der Waals surface area contributed by atoms with Gasteiger partial charge in [-0.3, -0.25) is 9.69 Å². The standard InChI is InChI=1S/C28H38N4O4S2/c1-5-36-23-14-17-25-26(20-23)37-28(29-25)32(19-9-18-30(2)3)27(33)21-12-15-24(16-13-21)38(34,35)31(4)22-10-7-6-8-11-22/h12-17,20,22H,5-11,18-19H2,1-4H3. The second-order valence-electron chi connectivity index (χ2n) is 10.0. The number of carbonyl (C=O) groups is 1. The molecule has 1 amide bonds. The van der Waals surface area contributed by atoms with E-state index in [1.165, 1.54) is 15.6 Å². The Balaban J connectivity index is 1.58. The zero-order chi connectivity index (χ0) is 27.3. The zero-order valence-electron chi connectivity index (χ0n) is 22.7. The molecule has 1 aliphatic rings. The quantitative estimate of drug-likeness (QED) is 0.320. The number of fused-ring (bicyclic) bond motifs is 1. The van der Waals surface area contributed by atoms with Crippen LogP contribution >= 0.6 is 11.3 Å². The molecule has 8 nitrogen and oxygen atoms in total. The van der Waals surface area contributed by atoms with Crippen LogP contribution in [0.4, 0.5) is 5.13 Å². The lowest BCUT2D eigenvalue weighted by Crippen LogP contribution is -2.38. The number of benzene rings is 2. The Bertz CT molecular complexity index is 1330. The largest absolute Gasteiger partial charge is 0.494 e. The third-order valence-electron chi connectivity index (χ3n) is 6.99. The van der Waals surface area contributed by atoms with E-state index < -0.39 is 10.0 Å². The minimum Gasteiger partial charge on any atom is -0.494 e. The summed E-state index contributed by atoms with van der Waals surface area (Å²) >= 11 is 1.45. The summed E-state index contributed by atoms with van der Waals surface area (Å²) in [6, 6.07) is 12.1. The molecule has 1 aromatic heterocycles. The van der Waals surface area contributed by atoms with Crippen molar-refractivity contribution in [2.75, 3.05) is 45.7 Å². The van der Waals surface area contributed by atoms with Gasteiger partial charge in [0.15, 0.2) is 5.13 Å². The van der Waals surface area contributed by atoms with Crippen molar-refractivity contribution in [2.45, 2.75) is 56.4 Å². The molecule has 0 atom stereocenters. The van der Waals surface area contributed by atoms with Crippen LogP contribution in [0.2, 0.25) is 0 Å². The van der Waals surface area contributed by atoms with Gasteiger partial charge in [-0.1, -0.05) is 30.6 Å². The summed E-state index contributed by atoms with van der Waals surface area (Å²) in [6.45, 7) is 3.85. The van der Waals surface area contributed by atoms with Crippen molar-refractivity contribution in [1.82, 2.24) is 14.2 Å². The van der Waals surface area contributed by atoms with E-state index in [0.29, 0.717) is 23.8 Å². The number of sulfonamides is 1. The van der Waals surface area contributed by atoms with Gasteiger partial charge in [0, 0.05) is 25.2 Å². The van der Waals surface area contributed by atoms with E-state index in [2.05, 4.69) is 4.90 Å². The van der Waals surface area contributed by atoms with E-state index in [1.807, 2.05) is 39.2 Å². The first-order valence-electron chi connectivity index (χ1n) is 13.3. The average Bonchev–Trinajstić information content (AvgIpc) is 3.34. The molecular weight excluding hydrogens is 520 g/mol. The Hall–Kier alpha value is -2.53. The monoisotopic (exact) mass is 558 g/mol. The number of thiazole rings is 1. The molecule has 0 N–H and O–H groups in total. The Morgan fingerprint density at radius 1 is 1.03 bits per heavy atom. The number of ether oxygens (including phenoxy) is 1. The SMILES string of the molecule is CCOc1ccc2nc(N(CCCN(C)C)C(=O)c3ccc(S(=O)(=O)N(C)C4CCCCC4)cc3)sc2c1. The Labute approximate surface area is 230 Å². The van der Waals surface area contributed by atoms with E-state index in [4.69, 9.17) is 9.72 Å². The van der Waals surface area contributed by atoms with Crippen molar-refractivity contribution >= 4 is 42.6 Å².